The van der Waals surface area contributed by atoms with E-state index >= 15 is 0 Å². The molecule has 1 saturated heterocycles. The average molecular weight is 389 g/mol. The molecule has 142 valence electrons. The second-order valence-corrected chi connectivity index (χ2v) is 7.39. The number of benzene rings is 2. The van der Waals surface area contributed by atoms with Crippen LogP contribution in [0.2, 0.25) is 0 Å². The first-order chi connectivity index (χ1) is 12.9. The van der Waals surface area contributed by atoms with Crippen molar-refractivity contribution in [2.75, 3.05) is 28.0 Å². The van der Waals surface area contributed by atoms with Gasteiger partial charge in [-0.1, -0.05) is 12.1 Å². The Morgan fingerprint density at radius 2 is 1.74 bits per heavy atom. The lowest BCUT2D eigenvalue weighted by atomic mass is 10.2. The van der Waals surface area contributed by atoms with E-state index in [0.717, 1.165) is 6.42 Å². The number of methoxy groups -OCH3 is 1. The van der Waals surface area contributed by atoms with Crippen molar-refractivity contribution < 1.29 is 22.7 Å². The maximum atomic E-state index is 12.4. The number of amides is 1. The highest BCUT2D eigenvalue weighted by Crippen LogP contribution is 2.25. The Balaban J connectivity index is 1.75. The molecule has 0 unspecified atom stereocenters. The molecule has 3 rings (SSSR count). The molecule has 0 atom stereocenters. The van der Waals surface area contributed by atoms with Crippen LogP contribution >= 0.6 is 0 Å². The van der Waals surface area contributed by atoms with Gasteiger partial charge in [0.05, 0.1) is 24.0 Å². The summed E-state index contributed by atoms with van der Waals surface area (Å²) >= 11 is 0. The Kier molecular flexibility index (Phi) is 5.31. The quantitative estimate of drug-likeness (QED) is 0.738. The highest BCUT2D eigenvalue weighted by molar-refractivity contribution is 7.94. The van der Waals surface area contributed by atoms with Gasteiger partial charge in [0.2, 0.25) is 5.91 Å². The normalized spacial score (nSPS) is 14.1. The third kappa shape index (κ3) is 4.56. The van der Waals surface area contributed by atoms with E-state index in [9.17, 15) is 18.0 Å². The molecule has 1 amide bonds. The maximum Gasteiger partial charge on any atom is 0.337 e. The van der Waals surface area contributed by atoms with Crippen molar-refractivity contribution in [3.05, 3.63) is 54.1 Å². The molecule has 27 heavy (non-hydrogen) atoms. The van der Waals surface area contributed by atoms with Gasteiger partial charge in [0.1, 0.15) is 0 Å². The monoisotopic (exact) mass is 389 g/mol. The van der Waals surface area contributed by atoms with Crippen molar-refractivity contribution in [1.29, 1.82) is 0 Å². The Hall–Kier alpha value is -3.07. The average Bonchev–Trinajstić information content (AvgIpc) is 3.06. The van der Waals surface area contributed by atoms with Crippen LogP contribution in [0.15, 0.2) is 48.5 Å². The lowest BCUT2D eigenvalue weighted by molar-refractivity contribution is -0.117. The molecule has 1 aliphatic rings. The Morgan fingerprint density at radius 1 is 1.07 bits per heavy atom. The summed E-state index contributed by atoms with van der Waals surface area (Å²) in [6.07, 6.45) is 1.28. The van der Waals surface area contributed by atoms with Gasteiger partial charge in [-0.05, 0) is 42.8 Å². The lowest BCUT2D eigenvalue weighted by Crippen LogP contribution is -2.24. The van der Waals surface area contributed by atoms with Gasteiger partial charge in [-0.25, -0.2) is 4.79 Å². The zero-order chi connectivity index (χ0) is 19.4. The van der Waals surface area contributed by atoms with Gasteiger partial charge in [-0.3, -0.25) is 14.2 Å². The van der Waals surface area contributed by atoms with Crippen molar-refractivity contribution in [3.63, 3.8) is 0 Å². The van der Waals surface area contributed by atoms with Gasteiger partial charge in [0.15, 0.2) is 0 Å². The molecule has 0 aliphatic carbocycles. The molecule has 2 aromatic carbocycles. The summed E-state index contributed by atoms with van der Waals surface area (Å²) in [6.45, 7) is 0.619. The summed E-state index contributed by atoms with van der Waals surface area (Å²) in [6, 6.07) is 12.6. The molecule has 2 aromatic rings. The summed E-state index contributed by atoms with van der Waals surface area (Å²) in [5, 5.41) is 0. The summed E-state index contributed by atoms with van der Waals surface area (Å²) in [7, 11) is -2.70. The Morgan fingerprint density at radius 3 is 2.37 bits per heavy atom. The molecule has 8 nitrogen and oxygen atoms in total. The van der Waals surface area contributed by atoms with Crippen LogP contribution in [-0.4, -0.2) is 33.9 Å². The van der Waals surface area contributed by atoms with Crippen LogP contribution < -0.4 is 14.3 Å². The van der Waals surface area contributed by atoms with E-state index in [0.29, 0.717) is 24.3 Å². The number of carbonyl (C=O) groups is 2. The number of nitrogens with zero attached hydrogens (tertiary/aromatic N) is 1. The van der Waals surface area contributed by atoms with E-state index in [4.69, 9.17) is 0 Å². The van der Waals surface area contributed by atoms with Crippen molar-refractivity contribution in [3.8, 4) is 0 Å². The van der Waals surface area contributed by atoms with E-state index < -0.39 is 16.2 Å². The van der Waals surface area contributed by atoms with Gasteiger partial charge in [-0.2, -0.15) is 8.42 Å². The number of esters is 1. The molecule has 0 saturated carbocycles. The smallest absolute Gasteiger partial charge is 0.337 e. The van der Waals surface area contributed by atoms with Gasteiger partial charge >= 0.3 is 16.2 Å². The molecule has 1 fully saturated rings. The summed E-state index contributed by atoms with van der Waals surface area (Å²) in [5.41, 5.74) is 1.41. The number of hydrogen-bond donors (Lipinski definition) is 2. The zero-order valence-electron chi connectivity index (χ0n) is 14.6. The van der Waals surface area contributed by atoms with Gasteiger partial charge in [-0.15, -0.1) is 0 Å². The molecule has 0 radical (unpaired) electrons. The highest BCUT2D eigenvalue weighted by atomic mass is 32.2. The van der Waals surface area contributed by atoms with E-state index in [-0.39, 0.29) is 17.2 Å². The fourth-order valence-electron chi connectivity index (χ4n) is 2.82. The molecule has 2 N–H and O–H groups in total. The standard InChI is InChI=1S/C18H19N3O5S/c1-26-18(23)13-5-2-6-14(11-13)19-27(24,25)20-15-7-3-8-16(12-15)21-10-4-9-17(21)22/h2-3,5-8,11-12,19-20H,4,9-10H2,1H3. The summed E-state index contributed by atoms with van der Waals surface area (Å²) in [5.74, 6) is -0.542. The van der Waals surface area contributed by atoms with Crippen LogP contribution in [0.25, 0.3) is 0 Å². The minimum atomic E-state index is -3.95. The van der Waals surface area contributed by atoms with E-state index in [1.54, 1.807) is 35.2 Å². The van der Waals surface area contributed by atoms with E-state index in [2.05, 4.69) is 14.2 Å². The SMILES string of the molecule is COC(=O)c1cccc(NS(=O)(=O)Nc2cccc(N3CCCC3=O)c2)c1. The third-order valence-corrected chi connectivity index (χ3v) is 5.03. The van der Waals surface area contributed by atoms with Gasteiger partial charge < -0.3 is 9.64 Å². The molecule has 1 heterocycles. The van der Waals surface area contributed by atoms with Crippen LogP contribution in [0, 0.1) is 0 Å². The molecule has 0 bridgehead atoms. The number of hydrogen-bond acceptors (Lipinski definition) is 5. The topological polar surface area (TPSA) is 105 Å². The van der Waals surface area contributed by atoms with Crippen molar-refractivity contribution in [1.82, 2.24) is 0 Å². The van der Waals surface area contributed by atoms with E-state index in [1.165, 1.54) is 25.3 Å². The van der Waals surface area contributed by atoms with Crippen molar-refractivity contribution in [2.24, 2.45) is 0 Å². The lowest BCUT2D eigenvalue weighted by Gasteiger charge is -2.17. The second-order valence-electron chi connectivity index (χ2n) is 5.98. The van der Waals surface area contributed by atoms with E-state index in [1.807, 2.05) is 0 Å². The summed E-state index contributed by atoms with van der Waals surface area (Å²) in [4.78, 5) is 25.1. The number of carbonyl (C=O) groups excluding carboxylic acids is 2. The van der Waals surface area contributed by atoms with Crippen LogP contribution in [0.5, 0.6) is 0 Å². The minimum absolute atomic E-state index is 0.0211. The molecular weight excluding hydrogens is 370 g/mol. The zero-order valence-corrected chi connectivity index (χ0v) is 15.5. The Labute approximate surface area is 157 Å². The highest BCUT2D eigenvalue weighted by Gasteiger charge is 2.22. The summed E-state index contributed by atoms with van der Waals surface area (Å²) < 4.78 is 34.2. The second kappa shape index (κ2) is 7.67. The first-order valence-corrected chi connectivity index (χ1v) is 9.76. The maximum absolute atomic E-state index is 12.4. The first kappa shape index (κ1) is 18.7. The van der Waals surface area contributed by atoms with Gasteiger partial charge in [0, 0.05) is 18.7 Å². The minimum Gasteiger partial charge on any atom is -0.465 e. The number of nitrogens with one attached hydrogen (secondary N) is 2. The van der Waals surface area contributed by atoms with Crippen LogP contribution in [-0.2, 0) is 19.7 Å². The van der Waals surface area contributed by atoms with Crippen molar-refractivity contribution >= 4 is 39.1 Å². The molecule has 1 aliphatic heterocycles. The number of rotatable bonds is 6. The largest absolute Gasteiger partial charge is 0.465 e. The fourth-order valence-corrected chi connectivity index (χ4v) is 3.75. The first-order valence-electron chi connectivity index (χ1n) is 8.27. The third-order valence-electron chi connectivity index (χ3n) is 4.02. The van der Waals surface area contributed by atoms with Crippen LogP contribution in [0.3, 0.4) is 0 Å². The van der Waals surface area contributed by atoms with Gasteiger partial charge in [0.25, 0.3) is 0 Å². The molecular formula is C18H19N3O5S. The predicted molar refractivity (Wildman–Crippen MR) is 102 cm³/mol. The molecule has 9 heteroatoms. The number of ether oxygens (including phenoxy) is 1. The molecule has 0 aromatic heterocycles. The predicted octanol–water partition coefficient (Wildman–Crippen LogP) is 2.37. The molecule has 0 spiro atoms. The number of anilines is 3. The van der Waals surface area contributed by atoms with Crippen LogP contribution in [0.4, 0.5) is 17.1 Å². The van der Waals surface area contributed by atoms with Crippen molar-refractivity contribution in [2.45, 2.75) is 12.8 Å². The fraction of sp³-hybridized carbons (Fsp3) is 0.222. The Bertz CT molecular complexity index is 974. The van der Waals surface area contributed by atoms with Crippen LogP contribution in [0.1, 0.15) is 23.2 Å².